The average molecular weight is 261 g/mol. The Hall–Kier alpha value is -0.470. The first-order valence-corrected chi connectivity index (χ1v) is 8.15. The molecular weight excluding hydrogens is 238 g/mol. The lowest BCUT2D eigenvalue weighted by atomic mass is 9.72. The zero-order valence-electron chi connectivity index (χ0n) is 11.2. The molecule has 0 aromatic heterocycles. The molecule has 1 fully saturated rings. The van der Waals surface area contributed by atoms with Crippen molar-refractivity contribution in [3.63, 3.8) is 0 Å². The molecule has 1 heterocycles. The fourth-order valence-electron chi connectivity index (χ4n) is 3.78. The molecule has 1 aromatic rings. The Bertz CT molecular complexity index is 431. The van der Waals surface area contributed by atoms with Crippen LogP contribution in [0, 0.1) is 5.92 Å². The quantitative estimate of drug-likeness (QED) is 0.864. The van der Waals surface area contributed by atoms with Gasteiger partial charge in [0.2, 0.25) is 0 Å². The van der Waals surface area contributed by atoms with Gasteiger partial charge < -0.3 is 5.73 Å². The van der Waals surface area contributed by atoms with E-state index in [-0.39, 0.29) is 5.54 Å². The molecular formula is C16H23NS. The molecule has 0 amide bonds. The highest BCUT2D eigenvalue weighted by atomic mass is 32.2. The van der Waals surface area contributed by atoms with E-state index in [4.69, 9.17) is 5.73 Å². The van der Waals surface area contributed by atoms with Crippen molar-refractivity contribution in [2.45, 2.75) is 55.4 Å². The van der Waals surface area contributed by atoms with Crippen LogP contribution in [-0.2, 0) is 0 Å². The molecule has 1 nitrogen and oxygen atoms in total. The number of rotatable bonds is 2. The summed E-state index contributed by atoms with van der Waals surface area (Å²) in [5.41, 5.74) is 8.32. The van der Waals surface area contributed by atoms with Crippen molar-refractivity contribution in [1.29, 1.82) is 0 Å². The molecule has 3 atom stereocenters. The van der Waals surface area contributed by atoms with Crippen molar-refractivity contribution >= 4 is 11.8 Å². The Morgan fingerprint density at radius 2 is 2.22 bits per heavy atom. The third-order valence-corrected chi connectivity index (χ3v) is 5.83. The topological polar surface area (TPSA) is 26.0 Å². The molecule has 98 valence electrons. The smallest absolute Gasteiger partial charge is 0.0163 e. The van der Waals surface area contributed by atoms with Crippen molar-refractivity contribution in [1.82, 2.24) is 0 Å². The maximum atomic E-state index is 6.68. The van der Waals surface area contributed by atoms with Crippen molar-refractivity contribution in [2.24, 2.45) is 11.7 Å². The largest absolute Gasteiger partial charge is 0.325 e. The minimum absolute atomic E-state index is 0.0976. The second-order valence-electron chi connectivity index (χ2n) is 6.31. The zero-order valence-corrected chi connectivity index (χ0v) is 12.0. The van der Waals surface area contributed by atoms with Crippen LogP contribution < -0.4 is 5.73 Å². The predicted molar refractivity (Wildman–Crippen MR) is 79.1 cm³/mol. The van der Waals surface area contributed by atoms with Crippen LogP contribution in [0.4, 0.5) is 0 Å². The maximum absolute atomic E-state index is 6.68. The molecule has 1 aromatic carbocycles. The number of benzene rings is 1. The van der Waals surface area contributed by atoms with Crippen LogP contribution >= 0.6 is 11.8 Å². The van der Waals surface area contributed by atoms with Gasteiger partial charge >= 0.3 is 0 Å². The maximum Gasteiger partial charge on any atom is 0.0163 e. The van der Waals surface area contributed by atoms with Gasteiger partial charge in [-0.3, -0.25) is 0 Å². The van der Waals surface area contributed by atoms with Gasteiger partial charge in [0.25, 0.3) is 0 Å². The van der Waals surface area contributed by atoms with Crippen LogP contribution in [0.1, 0.15) is 50.5 Å². The number of nitrogens with two attached hydrogens (primary N) is 1. The second kappa shape index (κ2) is 4.90. The van der Waals surface area contributed by atoms with Gasteiger partial charge in [-0.15, -0.1) is 11.8 Å². The van der Waals surface area contributed by atoms with E-state index in [0.29, 0.717) is 5.92 Å². The summed E-state index contributed by atoms with van der Waals surface area (Å²) in [6, 6.07) is 8.88. The summed E-state index contributed by atoms with van der Waals surface area (Å²) >= 11 is 2.01. The lowest BCUT2D eigenvalue weighted by molar-refractivity contribution is 0.215. The highest BCUT2D eigenvalue weighted by molar-refractivity contribution is 7.99. The molecule has 3 rings (SSSR count). The molecule has 3 unspecified atom stereocenters. The molecule has 1 aliphatic heterocycles. The van der Waals surface area contributed by atoms with Gasteiger partial charge in [0.15, 0.2) is 0 Å². The van der Waals surface area contributed by atoms with Gasteiger partial charge in [-0.1, -0.05) is 38.0 Å². The molecule has 0 saturated heterocycles. The second-order valence-corrected chi connectivity index (χ2v) is 7.38. The molecule has 2 N–H and O–H groups in total. The van der Waals surface area contributed by atoms with E-state index in [9.17, 15) is 0 Å². The lowest BCUT2D eigenvalue weighted by Crippen LogP contribution is -2.45. The Balaban J connectivity index is 1.74. The van der Waals surface area contributed by atoms with E-state index >= 15 is 0 Å². The monoisotopic (exact) mass is 261 g/mol. The van der Waals surface area contributed by atoms with Crippen LogP contribution in [0.5, 0.6) is 0 Å². The van der Waals surface area contributed by atoms with Crippen LogP contribution in [0.15, 0.2) is 29.2 Å². The molecule has 1 aliphatic carbocycles. The van der Waals surface area contributed by atoms with E-state index in [1.165, 1.54) is 42.8 Å². The van der Waals surface area contributed by atoms with Crippen LogP contribution in [0.3, 0.4) is 0 Å². The molecule has 0 radical (unpaired) electrons. The van der Waals surface area contributed by atoms with E-state index in [1.807, 2.05) is 11.8 Å². The molecule has 2 heteroatoms. The summed E-state index contributed by atoms with van der Waals surface area (Å²) in [6.45, 7) is 2.36. The van der Waals surface area contributed by atoms with Gasteiger partial charge in [0.05, 0.1) is 0 Å². The summed E-state index contributed by atoms with van der Waals surface area (Å²) in [5.74, 6) is 2.72. The van der Waals surface area contributed by atoms with Crippen molar-refractivity contribution in [2.75, 3.05) is 5.75 Å². The third kappa shape index (κ3) is 2.46. The molecule has 0 spiro atoms. The minimum Gasteiger partial charge on any atom is -0.325 e. The number of hydrogen-bond acceptors (Lipinski definition) is 2. The summed E-state index contributed by atoms with van der Waals surface area (Å²) in [6.07, 6.45) is 6.31. The van der Waals surface area contributed by atoms with Crippen molar-refractivity contribution in [3.8, 4) is 0 Å². The third-order valence-electron chi connectivity index (χ3n) is 4.58. The van der Waals surface area contributed by atoms with E-state index in [2.05, 4.69) is 31.2 Å². The van der Waals surface area contributed by atoms with E-state index in [0.717, 1.165) is 5.92 Å². The number of hydrogen-bond donors (Lipinski definition) is 1. The normalized spacial score (nSPS) is 35.4. The Morgan fingerprint density at radius 3 is 3.06 bits per heavy atom. The van der Waals surface area contributed by atoms with Gasteiger partial charge in [-0.2, -0.15) is 0 Å². The van der Waals surface area contributed by atoms with Crippen LogP contribution in [-0.4, -0.2) is 11.3 Å². The van der Waals surface area contributed by atoms with Gasteiger partial charge in [0.1, 0.15) is 0 Å². The predicted octanol–water partition coefficient (Wildman–Crippen LogP) is 4.17. The Morgan fingerprint density at radius 1 is 1.39 bits per heavy atom. The minimum atomic E-state index is 0.0976. The summed E-state index contributed by atoms with van der Waals surface area (Å²) in [4.78, 5) is 1.48. The number of thioether (sulfide) groups is 1. The Labute approximate surface area is 115 Å². The average Bonchev–Trinajstić information content (AvgIpc) is 2.72. The van der Waals surface area contributed by atoms with Crippen LogP contribution in [0.25, 0.3) is 0 Å². The van der Waals surface area contributed by atoms with Gasteiger partial charge in [-0.05, 0) is 42.7 Å². The fourth-order valence-corrected chi connectivity index (χ4v) is 5.03. The van der Waals surface area contributed by atoms with Gasteiger partial charge in [0, 0.05) is 16.2 Å². The first-order chi connectivity index (χ1) is 8.66. The van der Waals surface area contributed by atoms with Crippen LogP contribution in [0.2, 0.25) is 0 Å². The van der Waals surface area contributed by atoms with Gasteiger partial charge in [-0.25, -0.2) is 0 Å². The standard InChI is InChI=1S/C16H23NS/c1-12-5-4-8-16(17,9-12)10-13-11-18-15-7-3-2-6-14(13)15/h2-3,6-7,12-13H,4-5,8-11,17H2,1H3. The summed E-state index contributed by atoms with van der Waals surface area (Å²) in [7, 11) is 0. The highest BCUT2D eigenvalue weighted by Crippen LogP contribution is 2.45. The van der Waals surface area contributed by atoms with Crippen molar-refractivity contribution in [3.05, 3.63) is 29.8 Å². The number of fused-ring (bicyclic) bond motifs is 1. The lowest BCUT2D eigenvalue weighted by Gasteiger charge is -2.38. The summed E-state index contributed by atoms with van der Waals surface area (Å²) < 4.78 is 0. The molecule has 0 bridgehead atoms. The van der Waals surface area contributed by atoms with Crippen molar-refractivity contribution < 1.29 is 0 Å². The molecule has 2 aliphatic rings. The SMILES string of the molecule is CC1CCCC(N)(CC2CSc3ccccc32)C1. The van der Waals surface area contributed by atoms with E-state index in [1.54, 1.807) is 5.56 Å². The highest BCUT2D eigenvalue weighted by Gasteiger charge is 2.35. The zero-order chi connectivity index (χ0) is 12.6. The molecule has 1 saturated carbocycles. The Kier molecular flexibility index (Phi) is 3.42. The fraction of sp³-hybridized carbons (Fsp3) is 0.625. The first kappa shape index (κ1) is 12.6. The molecule has 18 heavy (non-hydrogen) atoms. The first-order valence-electron chi connectivity index (χ1n) is 7.17. The van der Waals surface area contributed by atoms with E-state index < -0.39 is 0 Å². The summed E-state index contributed by atoms with van der Waals surface area (Å²) in [5, 5.41) is 0.